The number of ether oxygens (including phenoxy) is 1. The fourth-order valence-corrected chi connectivity index (χ4v) is 3.15. The van der Waals surface area contributed by atoms with Gasteiger partial charge in [0.25, 0.3) is 11.5 Å². The number of fused-ring (bicyclic) bond motifs is 1. The first-order valence-electron chi connectivity index (χ1n) is 8.14. The van der Waals surface area contributed by atoms with E-state index >= 15 is 0 Å². The summed E-state index contributed by atoms with van der Waals surface area (Å²) in [5.41, 5.74) is 2.99. The van der Waals surface area contributed by atoms with Crippen molar-refractivity contribution in [3.05, 3.63) is 56.2 Å². The molecule has 2 aromatic rings. The van der Waals surface area contributed by atoms with Crippen molar-refractivity contribution in [2.24, 2.45) is 0 Å². The molecule has 1 N–H and O–H groups in total. The molecule has 0 saturated carbocycles. The molecule has 0 unspecified atom stereocenters. The zero-order valence-electron chi connectivity index (χ0n) is 14.4. The van der Waals surface area contributed by atoms with E-state index < -0.39 is 6.10 Å². The maximum Gasteiger partial charge on any atom is 0.263 e. The van der Waals surface area contributed by atoms with E-state index in [9.17, 15) is 9.59 Å². The van der Waals surface area contributed by atoms with Crippen LogP contribution in [0.1, 0.15) is 29.3 Å². The average Bonchev–Trinajstić information content (AvgIpc) is 2.58. The molecule has 1 atom stereocenters. The molecule has 0 spiro atoms. The third-order valence-corrected chi connectivity index (χ3v) is 4.99. The first-order valence-corrected chi connectivity index (χ1v) is 8.52. The molecule has 7 heteroatoms. The van der Waals surface area contributed by atoms with Crippen LogP contribution >= 0.6 is 11.6 Å². The number of aryl methyl sites for hydroxylation is 2. The molecule has 1 aromatic heterocycles. The fraction of sp³-hybridized carbons (Fsp3) is 0.389. The molecule has 132 valence electrons. The van der Waals surface area contributed by atoms with Crippen molar-refractivity contribution in [3.8, 4) is 5.75 Å². The van der Waals surface area contributed by atoms with Crippen LogP contribution in [0, 0.1) is 13.8 Å². The summed E-state index contributed by atoms with van der Waals surface area (Å²) in [6.07, 6.45) is 1.23. The molecule has 1 aromatic carbocycles. The number of amides is 1. The second kappa shape index (κ2) is 6.88. The Kier molecular flexibility index (Phi) is 4.81. The lowest BCUT2D eigenvalue weighted by molar-refractivity contribution is -0.139. The number of hydrogen-bond donors (Lipinski definition) is 1. The smallest absolute Gasteiger partial charge is 0.263 e. The lowest BCUT2D eigenvalue weighted by Crippen LogP contribution is -2.44. The number of rotatable bonds is 3. The van der Waals surface area contributed by atoms with E-state index in [2.05, 4.69) is 9.97 Å². The van der Waals surface area contributed by atoms with Crippen molar-refractivity contribution in [1.82, 2.24) is 14.9 Å². The summed E-state index contributed by atoms with van der Waals surface area (Å²) in [4.78, 5) is 32.9. The Morgan fingerprint density at radius 3 is 2.72 bits per heavy atom. The number of aromatic nitrogens is 2. The number of benzene rings is 1. The van der Waals surface area contributed by atoms with Gasteiger partial charge in [0.15, 0.2) is 6.10 Å². The quantitative estimate of drug-likeness (QED) is 0.910. The monoisotopic (exact) mass is 361 g/mol. The van der Waals surface area contributed by atoms with Gasteiger partial charge in [0.2, 0.25) is 0 Å². The minimum atomic E-state index is -0.636. The lowest BCUT2D eigenvalue weighted by atomic mass is 10.1. The van der Waals surface area contributed by atoms with Crippen molar-refractivity contribution in [3.63, 3.8) is 0 Å². The molecule has 3 rings (SSSR count). The number of nitrogens with zero attached hydrogens (tertiary/aromatic N) is 2. The van der Waals surface area contributed by atoms with Crippen LogP contribution in [-0.2, 0) is 17.8 Å². The molecule has 2 heterocycles. The Morgan fingerprint density at radius 1 is 1.36 bits per heavy atom. The number of nitrogens with one attached hydrogen (secondary N) is 1. The summed E-state index contributed by atoms with van der Waals surface area (Å²) in [5, 5.41) is 0.704. The molecule has 0 bridgehead atoms. The minimum Gasteiger partial charge on any atom is -0.481 e. The van der Waals surface area contributed by atoms with Gasteiger partial charge in [0.1, 0.15) is 5.75 Å². The Morgan fingerprint density at radius 2 is 2.04 bits per heavy atom. The van der Waals surface area contributed by atoms with Crippen molar-refractivity contribution in [2.75, 3.05) is 6.54 Å². The van der Waals surface area contributed by atoms with Gasteiger partial charge >= 0.3 is 0 Å². The number of hydrogen-bond acceptors (Lipinski definition) is 4. The maximum atomic E-state index is 12.7. The topological polar surface area (TPSA) is 75.3 Å². The molecule has 1 aliphatic heterocycles. The van der Waals surface area contributed by atoms with Gasteiger partial charge in [0.05, 0.1) is 18.6 Å². The summed E-state index contributed by atoms with van der Waals surface area (Å²) in [6.45, 7) is 6.33. The Balaban J connectivity index is 1.72. The standard InChI is InChI=1S/C18H20ClN3O3/c1-10-6-13(7-11(2)16(10)19)25-12(3)18(24)22-5-4-14-15(8-22)20-9-21-17(14)23/h6-7,9,12H,4-5,8H2,1-3H3,(H,20,21,23)/t12-/m0/s1. The van der Waals surface area contributed by atoms with Crippen LogP contribution < -0.4 is 10.3 Å². The summed E-state index contributed by atoms with van der Waals surface area (Å²) < 4.78 is 5.82. The van der Waals surface area contributed by atoms with Gasteiger partial charge in [0, 0.05) is 17.1 Å². The Bertz CT molecular complexity index is 855. The SMILES string of the molecule is Cc1cc(O[C@@H](C)C(=O)N2CCc3c(nc[nH]c3=O)C2)cc(C)c1Cl. The number of H-pyrrole nitrogens is 1. The van der Waals surface area contributed by atoms with Crippen LogP contribution in [0.3, 0.4) is 0 Å². The molecule has 1 aliphatic rings. The summed E-state index contributed by atoms with van der Waals surface area (Å²) in [6, 6.07) is 3.65. The number of halogens is 1. The highest BCUT2D eigenvalue weighted by atomic mass is 35.5. The zero-order valence-corrected chi connectivity index (χ0v) is 15.2. The summed E-state index contributed by atoms with van der Waals surface area (Å²) >= 11 is 6.17. The van der Waals surface area contributed by atoms with Crippen LogP contribution in [0.15, 0.2) is 23.3 Å². The van der Waals surface area contributed by atoms with Gasteiger partial charge in [-0.3, -0.25) is 9.59 Å². The highest BCUT2D eigenvalue weighted by Gasteiger charge is 2.27. The molecule has 0 aliphatic carbocycles. The van der Waals surface area contributed by atoms with E-state index in [0.717, 1.165) is 11.1 Å². The number of carbonyl (C=O) groups is 1. The molecule has 1 amide bonds. The van der Waals surface area contributed by atoms with E-state index in [-0.39, 0.29) is 11.5 Å². The number of carbonyl (C=O) groups excluding carboxylic acids is 1. The first-order chi connectivity index (χ1) is 11.9. The van der Waals surface area contributed by atoms with Gasteiger partial charge in [-0.25, -0.2) is 4.98 Å². The zero-order chi connectivity index (χ0) is 18.1. The van der Waals surface area contributed by atoms with E-state index in [1.807, 2.05) is 26.0 Å². The van der Waals surface area contributed by atoms with Crippen molar-refractivity contribution in [2.45, 2.75) is 39.8 Å². The second-order valence-electron chi connectivity index (χ2n) is 6.30. The largest absolute Gasteiger partial charge is 0.481 e. The predicted octanol–water partition coefficient (Wildman–Crippen LogP) is 2.39. The molecule has 0 fully saturated rings. The number of aromatic amines is 1. The van der Waals surface area contributed by atoms with E-state index in [0.29, 0.717) is 41.5 Å². The van der Waals surface area contributed by atoms with Crippen molar-refractivity contribution >= 4 is 17.5 Å². The highest BCUT2D eigenvalue weighted by Crippen LogP contribution is 2.27. The molecule has 6 nitrogen and oxygen atoms in total. The van der Waals surface area contributed by atoms with Crippen LogP contribution in [0.4, 0.5) is 0 Å². The molecule has 25 heavy (non-hydrogen) atoms. The van der Waals surface area contributed by atoms with E-state index in [1.165, 1.54) is 6.33 Å². The average molecular weight is 362 g/mol. The van der Waals surface area contributed by atoms with Gasteiger partial charge < -0.3 is 14.6 Å². The summed E-state index contributed by atoms with van der Waals surface area (Å²) in [5.74, 6) is 0.491. The summed E-state index contributed by atoms with van der Waals surface area (Å²) in [7, 11) is 0. The minimum absolute atomic E-state index is 0.127. The van der Waals surface area contributed by atoms with Crippen LogP contribution in [0.25, 0.3) is 0 Å². The van der Waals surface area contributed by atoms with E-state index in [4.69, 9.17) is 16.3 Å². The van der Waals surface area contributed by atoms with Gasteiger partial charge in [-0.15, -0.1) is 0 Å². The molecular formula is C18H20ClN3O3. The van der Waals surface area contributed by atoms with Gasteiger partial charge in [-0.05, 0) is 50.5 Å². The Labute approximate surface area is 150 Å². The third-order valence-electron chi connectivity index (χ3n) is 4.39. The van der Waals surface area contributed by atoms with Crippen LogP contribution in [0.2, 0.25) is 5.02 Å². The maximum absolute atomic E-state index is 12.7. The van der Waals surface area contributed by atoms with Crippen molar-refractivity contribution in [1.29, 1.82) is 0 Å². The normalized spacial score (nSPS) is 14.8. The van der Waals surface area contributed by atoms with E-state index in [1.54, 1.807) is 11.8 Å². The molecule has 0 radical (unpaired) electrons. The first kappa shape index (κ1) is 17.5. The molecule has 0 saturated heterocycles. The van der Waals surface area contributed by atoms with Gasteiger partial charge in [-0.1, -0.05) is 11.6 Å². The highest BCUT2D eigenvalue weighted by molar-refractivity contribution is 6.32. The predicted molar refractivity (Wildman–Crippen MR) is 95.0 cm³/mol. The lowest BCUT2D eigenvalue weighted by Gasteiger charge is -2.29. The van der Waals surface area contributed by atoms with Crippen molar-refractivity contribution < 1.29 is 9.53 Å². The second-order valence-corrected chi connectivity index (χ2v) is 6.68. The molecular weight excluding hydrogens is 342 g/mol. The fourth-order valence-electron chi connectivity index (χ4n) is 3.04. The van der Waals surface area contributed by atoms with Crippen LogP contribution in [-0.4, -0.2) is 33.4 Å². The van der Waals surface area contributed by atoms with Crippen LogP contribution in [0.5, 0.6) is 5.75 Å². The Hall–Kier alpha value is -2.34. The van der Waals surface area contributed by atoms with Gasteiger partial charge in [-0.2, -0.15) is 0 Å². The third kappa shape index (κ3) is 3.54.